The summed E-state index contributed by atoms with van der Waals surface area (Å²) in [6, 6.07) is 53.6. The smallest absolute Gasteiger partial charge is 0.205 e. The summed E-state index contributed by atoms with van der Waals surface area (Å²) in [5.41, 5.74) is 8.04. The van der Waals surface area contributed by atoms with Gasteiger partial charge in [-0.3, -0.25) is 24.1 Å². The number of para-hydroxylation sites is 2. The Morgan fingerprint density at radius 3 is 1.42 bits per heavy atom. The van der Waals surface area contributed by atoms with Crippen molar-refractivity contribution in [2.24, 2.45) is 0 Å². The fraction of sp³-hybridized carbons (Fsp3) is 0. The summed E-state index contributed by atoms with van der Waals surface area (Å²) >= 11 is 0. The zero-order valence-corrected chi connectivity index (χ0v) is 32.7. The normalized spacial score (nSPS) is 11.2. The van der Waals surface area contributed by atoms with E-state index in [1.54, 1.807) is 36.9 Å². The first kappa shape index (κ1) is 36.0. The second-order valence-electron chi connectivity index (χ2n) is 14.6. The molecule has 62 heavy (non-hydrogen) atoms. The van der Waals surface area contributed by atoms with Gasteiger partial charge in [0.2, 0.25) is 5.69 Å². The highest BCUT2D eigenvalue weighted by Crippen LogP contribution is 2.38. The highest BCUT2D eigenvalue weighted by Gasteiger charge is 2.17. The molecular formula is C52H30N8O2. The second kappa shape index (κ2) is 14.9. The summed E-state index contributed by atoms with van der Waals surface area (Å²) in [6.07, 6.45) is 6.72. The Morgan fingerprint density at radius 1 is 0.452 bits per heavy atom. The van der Waals surface area contributed by atoms with Gasteiger partial charge in [0.25, 0.3) is 0 Å². The summed E-state index contributed by atoms with van der Waals surface area (Å²) < 4.78 is 17.1. The third kappa shape index (κ3) is 6.38. The van der Waals surface area contributed by atoms with E-state index in [1.807, 2.05) is 109 Å². The maximum Gasteiger partial charge on any atom is 0.205 e. The molecule has 6 aromatic carbocycles. The minimum atomic E-state index is 0.490. The van der Waals surface area contributed by atoms with Gasteiger partial charge in [-0.15, -0.1) is 0 Å². The van der Waals surface area contributed by atoms with Gasteiger partial charge in [-0.2, -0.15) is 5.26 Å². The molecule has 0 bridgehead atoms. The molecule has 0 saturated carbocycles. The summed E-state index contributed by atoms with van der Waals surface area (Å²) in [4.78, 5) is 22.3. The van der Waals surface area contributed by atoms with Crippen LogP contribution < -0.4 is 9.47 Å². The molecule has 0 N–H and O–H groups in total. The first-order chi connectivity index (χ1) is 30.6. The van der Waals surface area contributed by atoms with Crippen molar-refractivity contribution in [1.82, 2.24) is 29.1 Å². The number of pyridine rings is 2. The van der Waals surface area contributed by atoms with E-state index in [0.29, 0.717) is 51.5 Å². The topological polar surface area (TPSA) is 108 Å². The fourth-order valence-corrected chi connectivity index (χ4v) is 8.02. The van der Waals surface area contributed by atoms with Crippen molar-refractivity contribution in [1.29, 1.82) is 5.26 Å². The van der Waals surface area contributed by atoms with Gasteiger partial charge in [-0.1, -0.05) is 66.7 Å². The Balaban J connectivity index is 0.846. The van der Waals surface area contributed by atoms with Gasteiger partial charge in [0.15, 0.2) is 0 Å². The number of ether oxygens (including phenoxy) is 2. The lowest BCUT2D eigenvalue weighted by atomic mass is 10.1. The Morgan fingerprint density at radius 2 is 0.952 bits per heavy atom. The fourth-order valence-electron chi connectivity index (χ4n) is 8.02. The van der Waals surface area contributed by atoms with Gasteiger partial charge in [-0.05, 0) is 78.9 Å². The van der Waals surface area contributed by atoms with E-state index in [4.69, 9.17) is 26.0 Å². The lowest BCUT2D eigenvalue weighted by Crippen LogP contribution is -1.97. The maximum absolute atomic E-state index is 9.33. The average Bonchev–Trinajstić information content (AvgIpc) is 3.84. The molecule has 0 amide bonds. The first-order valence-corrected chi connectivity index (χ1v) is 19.8. The van der Waals surface area contributed by atoms with Crippen LogP contribution in [0.5, 0.6) is 23.0 Å². The van der Waals surface area contributed by atoms with E-state index >= 15 is 0 Å². The molecule has 0 aliphatic carbocycles. The molecule has 0 aliphatic heterocycles. The van der Waals surface area contributed by atoms with Crippen molar-refractivity contribution in [2.75, 3.05) is 0 Å². The largest absolute Gasteiger partial charge is 0.457 e. The highest BCUT2D eigenvalue weighted by molar-refractivity contribution is 6.10. The number of aromatic nitrogens is 6. The van der Waals surface area contributed by atoms with Crippen LogP contribution in [0.3, 0.4) is 0 Å². The standard InChI is InChI=1S/C52H30N8O2/c1-54-36-17-23-52(58-30-36)60-48-15-5-3-13-42(48)44-21-19-40(27-50(44)60)62-38-11-7-9-35(25-38)46-32-55-45(31-56-46)34-8-6-10-37(24-34)61-39-18-20-43-41-12-2-4-14-47(41)59(49(43)26-39)51-22-16-33(28-53)29-57-51/h2-27,29-32H. The van der Waals surface area contributed by atoms with Crippen LogP contribution in [0.2, 0.25) is 0 Å². The summed E-state index contributed by atoms with van der Waals surface area (Å²) in [6.45, 7) is 7.34. The predicted molar refractivity (Wildman–Crippen MR) is 241 cm³/mol. The van der Waals surface area contributed by atoms with Crippen LogP contribution in [0.25, 0.3) is 82.6 Å². The minimum absolute atomic E-state index is 0.490. The molecule has 0 radical (unpaired) electrons. The van der Waals surface area contributed by atoms with Crippen LogP contribution in [0.1, 0.15) is 5.56 Å². The second-order valence-corrected chi connectivity index (χ2v) is 14.6. The van der Waals surface area contributed by atoms with Crippen molar-refractivity contribution >= 4 is 49.3 Å². The molecule has 0 spiro atoms. The van der Waals surface area contributed by atoms with Gasteiger partial charge in [0.1, 0.15) is 40.7 Å². The van der Waals surface area contributed by atoms with E-state index in [1.165, 1.54) is 0 Å². The summed E-state index contributed by atoms with van der Waals surface area (Å²) in [5, 5.41) is 13.7. The van der Waals surface area contributed by atoms with E-state index in [-0.39, 0.29) is 0 Å². The van der Waals surface area contributed by atoms with Crippen LogP contribution in [-0.4, -0.2) is 29.1 Å². The zero-order valence-electron chi connectivity index (χ0n) is 32.7. The van der Waals surface area contributed by atoms with Gasteiger partial charge >= 0.3 is 0 Å². The Bertz CT molecular complexity index is 3360. The third-order valence-corrected chi connectivity index (χ3v) is 10.9. The van der Waals surface area contributed by atoms with E-state index in [0.717, 1.165) is 60.6 Å². The van der Waals surface area contributed by atoms with Crippen molar-refractivity contribution in [3.05, 3.63) is 199 Å². The van der Waals surface area contributed by atoms with Gasteiger partial charge in [-0.25, -0.2) is 9.83 Å². The maximum atomic E-state index is 9.33. The molecule has 0 unspecified atom stereocenters. The number of nitrogens with zero attached hydrogens (tertiary/aromatic N) is 8. The minimum Gasteiger partial charge on any atom is -0.457 e. The molecular weight excluding hydrogens is 769 g/mol. The van der Waals surface area contributed by atoms with Crippen molar-refractivity contribution in [2.45, 2.75) is 0 Å². The average molecular weight is 799 g/mol. The molecule has 0 atom stereocenters. The summed E-state index contributed by atoms with van der Waals surface area (Å²) in [7, 11) is 0. The zero-order chi connectivity index (χ0) is 41.6. The first-order valence-electron chi connectivity index (χ1n) is 19.8. The van der Waals surface area contributed by atoms with Crippen molar-refractivity contribution in [3.63, 3.8) is 0 Å². The molecule has 290 valence electrons. The molecule has 11 aromatic rings. The predicted octanol–water partition coefficient (Wildman–Crippen LogP) is 12.8. The number of fused-ring (bicyclic) bond motifs is 6. The SMILES string of the molecule is [C-]#[N+]c1ccc(-n2c3ccccc3c3ccc(Oc4cccc(-c5cnc(-c6cccc(Oc7ccc8c9ccccc9n(-c9ccc(C#N)cn9)c8c7)c6)cn5)c4)cc32)nc1. The van der Waals surface area contributed by atoms with Crippen molar-refractivity contribution < 1.29 is 9.47 Å². The number of hydrogen-bond donors (Lipinski definition) is 0. The quantitative estimate of drug-likeness (QED) is 0.141. The molecule has 10 nitrogen and oxygen atoms in total. The number of benzene rings is 6. The van der Waals surface area contributed by atoms with Crippen LogP contribution in [-0.2, 0) is 0 Å². The number of rotatable bonds is 8. The van der Waals surface area contributed by atoms with Crippen LogP contribution in [0.15, 0.2) is 183 Å². The van der Waals surface area contributed by atoms with E-state index in [2.05, 4.69) is 66.4 Å². The van der Waals surface area contributed by atoms with Crippen LogP contribution in [0, 0.1) is 17.9 Å². The monoisotopic (exact) mass is 798 g/mol. The number of hydrogen-bond acceptors (Lipinski definition) is 7. The van der Waals surface area contributed by atoms with Gasteiger partial charge < -0.3 is 9.47 Å². The van der Waals surface area contributed by atoms with Crippen LogP contribution in [0.4, 0.5) is 5.69 Å². The molecule has 0 fully saturated rings. The molecule has 5 aromatic heterocycles. The summed E-state index contributed by atoms with van der Waals surface area (Å²) in [5.74, 6) is 4.10. The highest BCUT2D eigenvalue weighted by atomic mass is 16.5. The van der Waals surface area contributed by atoms with Crippen LogP contribution >= 0.6 is 0 Å². The van der Waals surface area contributed by atoms with Gasteiger partial charge in [0.05, 0.1) is 58.0 Å². The third-order valence-electron chi connectivity index (χ3n) is 10.9. The molecule has 0 aliphatic rings. The Labute approximate surface area is 354 Å². The molecule has 5 heterocycles. The lowest BCUT2D eigenvalue weighted by molar-refractivity contribution is 0.483. The molecule has 11 rings (SSSR count). The lowest BCUT2D eigenvalue weighted by Gasteiger charge is -2.11. The van der Waals surface area contributed by atoms with Gasteiger partial charge in [0, 0.05) is 57.2 Å². The Hall–Kier alpha value is -9.12. The molecule has 0 saturated heterocycles. The van der Waals surface area contributed by atoms with Crippen molar-refractivity contribution in [3.8, 4) is 63.2 Å². The number of nitriles is 1. The molecule has 10 heteroatoms. The van der Waals surface area contributed by atoms with E-state index in [9.17, 15) is 5.26 Å². The Kier molecular flexibility index (Phi) is 8.66. The van der Waals surface area contributed by atoms with E-state index < -0.39 is 0 Å².